The molecule has 224 valence electrons. The Balaban J connectivity index is 1.37. The van der Waals surface area contributed by atoms with Crippen LogP contribution in [-0.2, 0) is 17.6 Å². The molecule has 0 N–H and O–H groups in total. The van der Waals surface area contributed by atoms with E-state index in [1.54, 1.807) is 0 Å². The Bertz CT molecular complexity index is 1040. The summed E-state index contributed by atoms with van der Waals surface area (Å²) in [5.74, 6) is 0.678. The fraction of sp³-hybridized carbons (Fsp3) is 0.632. The lowest BCUT2D eigenvalue weighted by molar-refractivity contribution is -0.140. The van der Waals surface area contributed by atoms with E-state index in [0.717, 1.165) is 44.1 Å². The van der Waals surface area contributed by atoms with Gasteiger partial charge in [-0.3, -0.25) is 4.79 Å². The number of unbranched alkanes of at least 4 members (excludes halogenated alkanes) is 12. The smallest absolute Gasteiger partial charge is 0.314 e. The number of ether oxygens (including phenoxy) is 1. The van der Waals surface area contributed by atoms with Crippen molar-refractivity contribution >= 4 is 5.97 Å². The molecule has 0 spiro atoms. The number of nitriles is 1. The number of rotatable bonds is 19. The van der Waals surface area contributed by atoms with E-state index in [-0.39, 0.29) is 11.9 Å². The maximum absolute atomic E-state index is 13.0. The van der Waals surface area contributed by atoms with Crippen molar-refractivity contribution in [2.24, 2.45) is 5.92 Å². The Morgan fingerprint density at radius 3 is 1.78 bits per heavy atom. The predicted octanol–water partition coefficient (Wildman–Crippen LogP) is 11.0. The average Bonchev–Trinajstić information content (AvgIpc) is 3.01. The van der Waals surface area contributed by atoms with Crippen LogP contribution in [0.2, 0.25) is 0 Å². The Morgan fingerprint density at radius 1 is 0.707 bits per heavy atom. The predicted molar refractivity (Wildman–Crippen MR) is 171 cm³/mol. The van der Waals surface area contributed by atoms with Gasteiger partial charge in [-0.15, -0.1) is 0 Å². The first-order valence-corrected chi connectivity index (χ1v) is 17.0. The zero-order valence-electron chi connectivity index (χ0n) is 26.1. The molecule has 3 nitrogen and oxygen atoms in total. The molecule has 2 aromatic carbocycles. The van der Waals surface area contributed by atoms with Crippen LogP contribution in [0.3, 0.4) is 0 Å². The number of carbonyl (C=O) groups is 1. The fourth-order valence-corrected chi connectivity index (χ4v) is 6.29. The second-order valence-electron chi connectivity index (χ2n) is 12.4. The van der Waals surface area contributed by atoms with Crippen LogP contribution in [0.15, 0.2) is 42.5 Å². The Labute approximate surface area is 251 Å². The molecule has 1 fully saturated rings. The monoisotopic (exact) mass is 557 g/mol. The summed E-state index contributed by atoms with van der Waals surface area (Å²) in [6, 6.07) is 17.3. The van der Waals surface area contributed by atoms with Gasteiger partial charge in [-0.2, -0.15) is 5.26 Å². The Hall–Kier alpha value is -2.60. The number of esters is 1. The van der Waals surface area contributed by atoms with Gasteiger partial charge in [0.15, 0.2) is 0 Å². The number of nitrogens with zero attached hydrogens (tertiary/aromatic N) is 1. The third kappa shape index (κ3) is 12.0. The standard InChI is InChI=1S/C38H55NO2/c1-3-5-7-9-11-12-14-15-17-31-19-22-33(23-20-31)34-24-26-35(27-25-34)38(40)41-37-28-21-32(29-36(37)30-39)18-16-13-10-8-6-4-2/h19-23,28-29,34-35H,3-18,24-27H2,1-2H3. The summed E-state index contributed by atoms with van der Waals surface area (Å²) < 4.78 is 5.78. The summed E-state index contributed by atoms with van der Waals surface area (Å²) in [4.78, 5) is 13.0. The summed E-state index contributed by atoms with van der Waals surface area (Å²) in [5.41, 5.74) is 4.48. The molecule has 0 amide bonds. The number of carbonyl (C=O) groups excluding carboxylic acids is 1. The van der Waals surface area contributed by atoms with Gasteiger partial charge in [0.25, 0.3) is 0 Å². The Morgan fingerprint density at radius 2 is 1.22 bits per heavy atom. The maximum Gasteiger partial charge on any atom is 0.314 e. The van der Waals surface area contributed by atoms with Crippen LogP contribution >= 0.6 is 0 Å². The molecule has 0 bridgehead atoms. The third-order valence-corrected chi connectivity index (χ3v) is 9.02. The first-order chi connectivity index (χ1) is 20.1. The summed E-state index contributed by atoms with van der Waals surface area (Å²) in [7, 11) is 0. The highest BCUT2D eigenvalue weighted by molar-refractivity contribution is 5.76. The fourth-order valence-electron chi connectivity index (χ4n) is 6.29. The van der Waals surface area contributed by atoms with Gasteiger partial charge in [-0.1, -0.05) is 121 Å². The van der Waals surface area contributed by atoms with Crippen molar-refractivity contribution in [1.29, 1.82) is 5.26 Å². The molecule has 0 unspecified atom stereocenters. The van der Waals surface area contributed by atoms with Crippen molar-refractivity contribution in [2.75, 3.05) is 0 Å². The molecule has 1 saturated carbocycles. The molecular weight excluding hydrogens is 502 g/mol. The van der Waals surface area contributed by atoms with E-state index >= 15 is 0 Å². The van der Waals surface area contributed by atoms with E-state index in [9.17, 15) is 10.1 Å². The third-order valence-electron chi connectivity index (χ3n) is 9.02. The second kappa shape index (κ2) is 19.5. The van der Waals surface area contributed by atoms with Crippen LogP contribution in [0, 0.1) is 17.2 Å². The molecule has 41 heavy (non-hydrogen) atoms. The normalized spacial score (nSPS) is 16.8. The van der Waals surface area contributed by atoms with Crippen molar-refractivity contribution in [1.82, 2.24) is 0 Å². The van der Waals surface area contributed by atoms with Crippen molar-refractivity contribution in [3.05, 3.63) is 64.7 Å². The number of benzene rings is 2. The van der Waals surface area contributed by atoms with Crippen LogP contribution < -0.4 is 4.74 Å². The Kier molecular flexibility index (Phi) is 15.7. The van der Waals surface area contributed by atoms with E-state index in [4.69, 9.17) is 4.74 Å². The zero-order chi connectivity index (χ0) is 29.1. The number of aryl methyl sites for hydroxylation is 2. The first kappa shape index (κ1) is 32.9. The summed E-state index contributed by atoms with van der Waals surface area (Å²) in [6.07, 6.45) is 24.3. The molecular formula is C38H55NO2. The second-order valence-corrected chi connectivity index (χ2v) is 12.4. The van der Waals surface area contributed by atoms with E-state index in [2.05, 4.69) is 44.2 Å². The SMILES string of the molecule is CCCCCCCCCCc1ccc(C2CCC(C(=O)Oc3ccc(CCCCCCCC)cc3C#N)CC2)cc1. The summed E-state index contributed by atoms with van der Waals surface area (Å²) >= 11 is 0. The molecule has 3 rings (SSSR count). The van der Waals surface area contributed by atoms with E-state index < -0.39 is 0 Å². The van der Waals surface area contributed by atoms with E-state index in [1.807, 2.05) is 18.2 Å². The van der Waals surface area contributed by atoms with Crippen molar-refractivity contribution in [2.45, 2.75) is 148 Å². The van der Waals surface area contributed by atoms with Crippen LogP contribution in [0.5, 0.6) is 5.75 Å². The topological polar surface area (TPSA) is 50.1 Å². The molecule has 0 aromatic heterocycles. The minimum atomic E-state index is -0.177. The van der Waals surface area contributed by atoms with Crippen molar-refractivity contribution < 1.29 is 9.53 Å². The lowest BCUT2D eigenvalue weighted by Gasteiger charge is -2.27. The quantitative estimate of drug-likeness (QED) is 0.0980. The molecule has 0 aliphatic heterocycles. The summed E-state index contributed by atoms with van der Waals surface area (Å²) in [5, 5.41) is 9.68. The van der Waals surface area contributed by atoms with Gasteiger partial charge in [0, 0.05) is 0 Å². The summed E-state index contributed by atoms with van der Waals surface area (Å²) in [6.45, 7) is 4.51. The van der Waals surface area contributed by atoms with Gasteiger partial charge in [-0.05, 0) is 86.1 Å². The van der Waals surface area contributed by atoms with Gasteiger partial charge in [0.05, 0.1) is 11.5 Å². The highest BCUT2D eigenvalue weighted by Gasteiger charge is 2.29. The average molecular weight is 558 g/mol. The molecule has 0 radical (unpaired) electrons. The van der Waals surface area contributed by atoms with Crippen LogP contribution in [0.1, 0.15) is 158 Å². The van der Waals surface area contributed by atoms with Crippen LogP contribution in [0.25, 0.3) is 0 Å². The van der Waals surface area contributed by atoms with Gasteiger partial charge in [-0.25, -0.2) is 0 Å². The van der Waals surface area contributed by atoms with E-state index in [1.165, 1.54) is 101 Å². The number of hydrogen-bond donors (Lipinski definition) is 0. The molecule has 2 aromatic rings. The minimum Gasteiger partial charge on any atom is -0.425 e. The zero-order valence-corrected chi connectivity index (χ0v) is 26.1. The van der Waals surface area contributed by atoms with E-state index in [0.29, 0.717) is 17.2 Å². The van der Waals surface area contributed by atoms with Gasteiger partial charge in [0.2, 0.25) is 0 Å². The molecule has 0 saturated heterocycles. The lowest BCUT2D eigenvalue weighted by atomic mass is 9.78. The van der Waals surface area contributed by atoms with Gasteiger partial charge >= 0.3 is 5.97 Å². The molecule has 3 heteroatoms. The molecule has 1 aliphatic carbocycles. The highest BCUT2D eigenvalue weighted by atomic mass is 16.5. The first-order valence-electron chi connectivity index (χ1n) is 17.0. The van der Waals surface area contributed by atoms with Gasteiger partial charge < -0.3 is 4.74 Å². The van der Waals surface area contributed by atoms with Crippen molar-refractivity contribution in [3.8, 4) is 11.8 Å². The minimum absolute atomic E-state index is 0.0816. The van der Waals surface area contributed by atoms with Crippen molar-refractivity contribution in [3.63, 3.8) is 0 Å². The molecule has 0 atom stereocenters. The molecule has 1 aliphatic rings. The molecule has 0 heterocycles. The maximum atomic E-state index is 13.0. The highest BCUT2D eigenvalue weighted by Crippen LogP contribution is 2.37. The van der Waals surface area contributed by atoms with Crippen LogP contribution in [0.4, 0.5) is 0 Å². The van der Waals surface area contributed by atoms with Gasteiger partial charge in [0.1, 0.15) is 11.8 Å². The van der Waals surface area contributed by atoms with Crippen LogP contribution in [-0.4, -0.2) is 5.97 Å². The number of hydrogen-bond acceptors (Lipinski definition) is 3. The lowest BCUT2D eigenvalue weighted by Crippen LogP contribution is -2.25. The largest absolute Gasteiger partial charge is 0.425 e.